The fourth-order valence-corrected chi connectivity index (χ4v) is 3.18. The van der Waals surface area contributed by atoms with Crippen molar-refractivity contribution in [2.45, 2.75) is 12.6 Å². The molecule has 0 radical (unpaired) electrons. The molecule has 0 bridgehead atoms. The zero-order valence-corrected chi connectivity index (χ0v) is 15.2. The van der Waals surface area contributed by atoms with Gasteiger partial charge in [-0.05, 0) is 12.1 Å². The topological polar surface area (TPSA) is 101 Å². The van der Waals surface area contributed by atoms with Crippen molar-refractivity contribution in [2.24, 2.45) is 11.6 Å². The summed E-state index contributed by atoms with van der Waals surface area (Å²) in [4.78, 5) is 22.1. The number of nitrogens with zero attached hydrogens (tertiary/aromatic N) is 4. The first-order valence-corrected chi connectivity index (χ1v) is 8.51. The highest BCUT2D eigenvalue weighted by molar-refractivity contribution is 6.34. The number of aromatic nitrogens is 2. The minimum atomic E-state index is -4.65. The van der Waals surface area contributed by atoms with Crippen LogP contribution in [-0.4, -0.2) is 33.9 Å². The van der Waals surface area contributed by atoms with E-state index in [-0.39, 0.29) is 18.7 Å². The maximum atomic E-state index is 13.0. The van der Waals surface area contributed by atoms with E-state index in [1.54, 1.807) is 0 Å². The number of nitrogens with two attached hydrogens (primary N) is 2. The van der Waals surface area contributed by atoms with Gasteiger partial charge in [-0.3, -0.25) is 14.8 Å². The van der Waals surface area contributed by atoms with Crippen molar-refractivity contribution in [1.82, 2.24) is 14.9 Å². The number of rotatable bonds is 3. The van der Waals surface area contributed by atoms with Crippen LogP contribution in [0, 0.1) is 0 Å². The third-order valence-corrected chi connectivity index (χ3v) is 4.67. The fraction of sp³-hybridized carbons (Fsp3) is 0.235. The van der Waals surface area contributed by atoms with E-state index in [9.17, 15) is 18.0 Å². The number of anilines is 1. The van der Waals surface area contributed by atoms with Crippen molar-refractivity contribution in [3.05, 3.63) is 64.3 Å². The number of hydrazine groups is 1. The molecule has 4 N–H and O–H groups in total. The number of carbonyl (C=O) groups excluding carboxylic acids is 1. The summed E-state index contributed by atoms with van der Waals surface area (Å²) in [7, 11) is 0. The van der Waals surface area contributed by atoms with Crippen LogP contribution in [0.15, 0.2) is 48.2 Å². The number of alkyl halides is 3. The summed E-state index contributed by atoms with van der Waals surface area (Å²) < 4.78 is 39.1. The van der Waals surface area contributed by atoms with Gasteiger partial charge in [0.15, 0.2) is 5.82 Å². The molecule has 7 nitrogen and oxygen atoms in total. The lowest BCUT2D eigenvalue weighted by Crippen LogP contribution is -2.44. The SMILES string of the molecule is NC1=C(N(N)c2cnccn2)CCN(C(=O)c2cccc(C(F)(F)F)c2Cl)C1. The van der Waals surface area contributed by atoms with Crippen molar-refractivity contribution in [2.75, 3.05) is 18.1 Å². The zero-order valence-electron chi connectivity index (χ0n) is 14.4. The van der Waals surface area contributed by atoms with E-state index < -0.39 is 22.7 Å². The van der Waals surface area contributed by atoms with Gasteiger partial charge in [0.05, 0.1) is 34.6 Å². The maximum Gasteiger partial charge on any atom is 0.417 e. The van der Waals surface area contributed by atoms with Crippen LogP contribution in [0.25, 0.3) is 0 Å². The Morgan fingerprint density at radius 2 is 2.04 bits per heavy atom. The molecule has 1 aliphatic rings. The van der Waals surface area contributed by atoms with E-state index in [1.807, 2.05) is 0 Å². The van der Waals surface area contributed by atoms with Gasteiger partial charge in [0, 0.05) is 31.1 Å². The van der Waals surface area contributed by atoms with E-state index >= 15 is 0 Å². The average molecular weight is 413 g/mol. The molecule has 0 saturated heterocycles. The molecular weight excluding hydrogens is 397 g/mol. The zero-order chi connectivity index (χ0) is 20.5. The summed E-state index contributed by atoms with van der Waals surface area (Å²) in [5.41, 5.74) is 5.63. The number of benzene rings is 1. The van der Waals surface area contributed by atoms with Crippen LogP contribution >= 0.6 is 11.6 Å². The highest BCUT2D eigenvalue weighted by Crippen LogP contribution is 2.36. The third kappa shape index (κ3) is 3.87. The van der Waals surface area contributed by atoms with Gasteiger partial charge in [0.1, 0.15) is 0 Å². The minimum Gasteiger partial charge on any atom is -0.399 e. The summed E-state index contributed by atoms with van der Waals surface area (Å²) in [5.74, 6) is 5.77. The van der Waals surface area contributed by atoms with E-state index in [0.29, 0.717) is 23.6 Å². The lowest BCUT2D eigenvalue weighted by atomic mass is 10.1. The molecule has 0 unspecified atom stereocenters. The van der Waals surface area contributed by atoms with Gasteiger partial charge in [0.25, 0.3) is 5.91 Å². The van der Waals surface area contributed by atoms with Gasteiger partial charge in [0.2, 0.25) is 0 Å². The number of halogens is 4. The Bertz CT molecular complexity index is 919. The second kappa shape index (κ2) is 7.64. The Kier molecular flexibility index (Phi) is 5.43. The molecule has 1 aromatic carbocycles. The van der Waals surface area contributed by atoms with Crippen molar-refractivity contribution in [3.8, 4) is 0 Å². The van der Waals surface area contributed by atoms with Crippen molar-refractivity contribution < 1.29 is 18.0 Å². The largest absolute Gasteiger partial charge is 0.417 e. The molecule has 28 heavy (non-hydrogen) atoms. The summed E-state index contributed by atoms with van der Waals surface area (Å²) in [6.07, 6.45) is 0.0645. The monoisotopic (exact) mass is 412 g/mol. The Morgan fingerprint density at radius 1 is 1.29 bits per heavy atom. The van der Waals surface area contributed by atoms with Gasteiger partial charge in [-0.15, -0.1) is 0 Å². The van der Waals surface area contributed by atoms with Crippen molar-refractivity contribution >= 4 is 23.3 Å². The smallest absolute Gasteiger partial charge is 0.399 e. The number of amides is 1. The maximum absolute atomic E-state index is 13.0. The quantitative estimate of drug-likeness (QED) is 0.593. The summed E-state index contributed by atoms with van der Waals surface area (Å²) in [6, 6.07) is 3.23. The predicted molar refractivity (Wildman–Crippen MR) is 96.9 cm³/mol. The Balaban J connectivity index is 1.83. The molecule has 11 heteroatoms. The van der Waals surface area contributed by atoms with Crippen LogP contribution in [-0.2, 0) is 6.18 Å². The van der Waals surface area contributed by atoms with Crippen LogP contribution in [0.4, 0.5) is 19.0 Å². The van der Waals surface area contributed by atoms with Gasteiger partial charge in [-0.25, -0.2) is 10.8 Å². The molecule has 3 rings (SSSR count). The van der Waals surface area contributed by atoms with E-state index in [1.165, 1.54) is 34.6 Å². The van der Waals surface area contributed by atoms with E-state index in [0.717, 1.165) is 12.1 Å². The lowest BCUT2D eigenvalue weighted by Gasteiger charge is -2.33. The molecule has 2 heterocycles. The van der Waals surface area contributed by atoms with Crippen LogP contribution in [0.3, 0.4) is 0 Å². The summed E-state index contributed by atoms with van der Waals surface area (Å²) in [6.45, 7) is 0.199. The van der Waals surface area contributed by atoms with Crippen LogP contribution in [0.5, 0.6) is 0 Å². The van der Waals surface area contributed by atoms with Crippen LogP contribution in [0.1, 0.15) is 22.3 Å². The number of hydrogen-bond acceptors (Lipinski definition) is 6. The molecule has 0 saturated carbocycles. The first-order chi connectivity index (χ1) is 13.2. The molecule has 1 aliphatic heterocycles. The molecule has 2 aromatic rings. The molecule has 0 fully saturated rings. The van der Waals surface area contributed by atoms with Crippen LogP contribution in [0.2, 0.25) is 5.02 Å². The first kappa shape index (κ1) is 19.9. The van der Waals surface area contributed by atoms with E-state index in [2.05, 4.69) is 9.97 Å². The van der Waals surface area contributed by atoms with Crippen molar-refractivity contribution in [3.63, 3.8) is 0 Å². The Hall–Kier alpha value is -2.85. The minimum absolute atomic E-state index is 0.00525. The van der Waals surface area contributed by atoms with E-state index in [4.69, 9.17) is 23.2 Å². The van der Waals surface area contributed by atoms with Gasteiger partial charge in [-0.2, -0.15) is 13.2 Å². The van der Waals surface area contributed by atoms with Crippen LogP contribution < -0.4 is 16.6 Å². The molecule has 0 spiro atoms. The summed E-state index contributed by atoms with van der Waals surface area (Å²) in [5, 5.41) is 0.648. The Labute approximate surface area is 163 Å². The van der Waals surface area contributed by atoms with Gasteiger partial charge < -0.3 is 10.6 Å². The average Bonchev–Trinajstić information content (AvgIpc) is 2.67. The lowest BCUT2D eigenvalue weighted by molar-refractivity contribution is -0.137. The normalized spacial score (nSPS) is 15.0. The molecular formula is C17H16ClF3N6O. The third-order valence-electron chi connectivity index (χ3n) is 4.26. The number of carbonyl (C=O) groups is 1. The second-order valence-electron chi connectivity index (χ2n) is 6.05. The molecule has 0 aliphatic carbocycles. The highest BCUT2D eigenvalue weighted by Gasteiger charge is 2.35. The second-order valence-corrected chi connectivity index (χ2v) is 6.43. The number of hydrogen-bond donors (Lipinski definition) is 2. The fourth-order valence-electron chi connectivity index (χ4n) is 2.87. The first-order valence-electron chi connectivity index (χ1n) is 8.13. The molecule has 1 amide bonds. The Morgan fingerprint density at radius 3 is 2.64 bits per heavy atom. The predicted octanol–water partition coefficient (Wildman–Crippen LogP) is 2.55. The van der Waals surface area contributed by atoms with Gasteiger partial charge >= 0.3 is 6.18 Å². The summed E-state index contributed by atoms with van der Waals surface area (Å²) >= 11 is 5.85. The van der Waals surface area contributed by atoms with Gasteiger partial charge in [-0.1, -0.05) is 17.7 Å². The van der Waals surface area contributed by atoms with Crippen molar-refractivity contribution in [1.29, 1.82) is 0 Å². The molecule has 148 valence electrons. The molecule has 0 atom stereocenters. The standard InChI is InChI=1S/C17H16ClF3N6O/c18-15-10(2-1-3-11(15)17(19,20)21)16(28)26-7-4-13(12(22)9-26)27(23)14-8-24-5-6-25-14/h1-3,5-6,8H,4,7,9,22-23H2. The molecule has 1 aromatic heterocycles. The highest BCUT2D eigenvalue weighted by atomic mass is 35.5.